The molecule has 0 fully saturated rings. The summed E-state index contributed by atoms with van der Waals surface area (Å²) in [6.07, 6.45) is 5.86. The summed E-state index contributed by atoms with van der Waals surface area (Å²) < 4.78 is 0. The summed E-state index contributed by atoms with van der Waals surface area (Å²) >= 11 is 0. The minimum absolute atomic E-state index is 0.00921. The van der Waals surface area contributed by atoms with Gasteiger partial charge in [-0.05, 0) is 23.9 Å². The Bertz CT molecular complexity index is 946. The van der Waals surface area contributed by atoms with Crippen LogP contribution in [0.5, 0.6) is 0 Å². The van der Waals surface area contributed by atoms with Gasteiger partial charge in [0.1, 0.15) is 17.7 Å². The Balaban J connectivity index is 1.84. The van der Waals surface area contributed by atoms with Crippen LogP contribution in [-0.2, 0) is 4.79 Å². The second-order valence-electron chi connectivity index (χ2n) is 5.42. The van der Waals surface area contributed by atoms with Crippen LogP contribution in [0.3, 0.4) is 0 Å². The van der Waals surface area contributed by atoms with Crippen LogP contribution in [0.2, 0.25) is 0 Å². The van der Waals surface area contributed by atoms with E-state index in [1.807, 2.05) is 37.3 Å². The van der Waals surface area contributed by atoms with E-state index in [1.54, 1.807) is 6.20 Å². The molecule has 0 aliphatic rings. The van der Waals surface area contributed by atoms with Crippen LogP contribution in [0.1, 0.15) is 25.5 Å². The molecule has 1 amide bonds. The number of carbonyl (C=O) groups excluding carboxylic acids is 1. The monoisotopic (exact) mass is 332 g/mol. The van der Waals surface area contributed by atoms with Gasteiger partial charge >= 0.3 is 0 Å². The molecule has 25 heavy (non-hydrogen) atoms. The molecule has 0 saturated carbocycles. The van der Waals surface area contributed by atoms with Gasteiger partial charge in [-0.25, -0.2) is 15.0 Å². The van der Waals surface area contributed by atoms with Crippen molar-refractivity contribution in [2.24, 2.45) is 0 Å². The molecule has 0 atom stereocenters. The number of pyridine rings is 1. The van der Waals surface area contributed by atoms with Crippen LogP contribution >= 0.6 is 0 Å². The van der Waals surface area contributed by atoms with Gasteiger partial charge in [-0.15, -0.1) is 0 Å². The third kappa shape index (κ3) is 3.87. The van der Waals surface area contributed by atoms with E-state index in [4.69, 9.17) is 5.26 Å². The number of nitrogens with zero attached hydrogens (tertiary/aromatic N) is 4. The lowest BCUT2D eigenvalue weighted by Crippen LogP contribution is -2.10. The molecule has 7 nitrogen and oxygen atoms in total. The maximum absolute atomic E-state index is 11.8. The van der Waals surface area contributed by atoms with Gasteiger partial charge in [0.05, 0.1) is 18.1 Å². The molecule has 2 heterocycles. The molecule has 1 aromatic carbocycles. The Labute approximate surface area is 144 Å². The van der Waals surface area contributed by atoms with Gasteiger partial charge in [0.25, 0.3) is 0 Å². The molecule has 0 aliphatic carbocycles. The molecule has 0 radical (unpaired) electrons. The zero-order chi connectivity index (χ0) is 17.6. The summed E-state index contributed by atoms with van der Waals surface area (Å²) in [7, 11) is 0. The van der Waals surface area contributed by atoms with Crippen molar-refractivity contribution in [1.82, 2.24) is 15.0 Å². The van der Waals surface area contributed by atoms with Crippen LogP contribution in [0, 0.1) is 11.3 Å². The Morgan fingerprint density at radius 3 is 2.72 bits per heavy atom. The van der Waals surface area contributed by atoms with Crippen molar-refractivity contribution in [1.29, 1.82) is 5.26 Å². The number of fused-ring (bicyclic) bond motifs is 1. The van der Waals surface area contributed by atoms with Gasteiger partial charge in [-0.2, -0.15) is 5.26 Å². The molecule has 2 aromatic heterocycles. The maximum atomic E-state index is 11.8. The van der Waals surface area contributed by atoms with E-state index in [2.05, 4.69) is 25.6 Å². The quantitative estimate of drug-likeness (QED) is 0.742. The molecule has 0 aliphatic heterocycles. The highest BCUT2D eigenvalue weighted by Crippen LogP contribution is 2.25. The van der Waals surface area contributed by atoms with Gasteiger partial charge in [0, 0.05) is 18.0 Å². The van der Waals surface area contributed by atoms with Crippen molar-refractivity contribution in [3.8, 4) is 6.07 Å². The summed E-state index contributed by atoms with van der Waals surface area (Å²) in [4.78, 5) is 24.3. The summed E-state index contributed by atoms with van der Waals surface area (Å²) in [6.45, 7) is 1.97. The van der Waals surface area contributed by atoms with Gasteiger partial charge < -0.3 is 10.6 Å². The highest BCUT2D eigenvalue weighted by atomic mass is 16.1. The molecule has 3 aromatic rings. The predicted octanol–water partition coefficient (Wildman–Crippen LogP) is 3.38. The molecular formula is C18H16N6O. The number of amides is 1. The number of carbonyl (C=O) groups is 1. The lowest BCUT2D eigenvalue weighted by atomic mass is 10.1. The van der Waals surface area contributed by atoms with Crippen LogP contribution in [0.4, 0.5) is 17.3 Å². The van der Waals surface area contributed by atoms with E-state index in [-0.39, 0.29) is 11.6 Å². The zero-order valence-corrected chi connectivity index (χ0v) is 13.7. The average Bonchev–Trinajstić information content (AvgIpc) is 2.62. The maximum Gasteiger partial charge on any atom is 0.224 e. The van der Waals surface area contributed by atoms with Crippen LogP contribution in [-0.4, -0.2) is 20.9 Å². The number of nitriles is 1. The van der Waals surface area contributed by atoms with Crippen LogP contribution < -0.4 is 10.6 Å². The lowest BCUT2D eigenvalue weighted by molar-refractivity contribution is -0.116. The van der Waals surface area contributed by atoms with Crippen molar-refractivity contribution in [3.05, 3.63) is 48.5 Å². The molecule has 0 bridgehead atoms. The van der Waals surface area contributed by atoms with E-state index < -0.39 is 0 Å². The Morgan fingerprint density at radius 1 is 1.16 bits per heavy atom. The number of hydrogen-bond acceptors (Lipinski definition) is 6. The van der Waals surface area contributed by atoms with Crippen LogP contribution in [0.15, 0.2) is 42.9 Å². The highest BCUT2D eigenvalue weighted by Gasteiger charge is 2.07. The van der Waals surface area contributed by atoms with Crippen molar-refractivity contribution in [3.63, 3.8) is 0 Å². The number of benzene rings is 1. The van der Waals surface area contributed by atoms with Gasteiger partial charge in [-0.3, -0.25) is 4.79 Å². The number of anilines is 3. The minimum atomic E-state index is -0.00921. The fourth-order valence-corrected chi connectivity index (χ4v) is 2.37. The summed E-state index contributed by atoms with van der Waals surface area (Å²) in [5.74, 6) is 1.09. The van der Waals surface area contributed by atoms with E-state index in [9.17, 15) is 4.79 Å². The first-order valence-corrected chi connectivity index (χ1v) is 7.87. The number of aromatic nitrogens is 3. The van der Waals surface area contributed by atoms with Crippen molar-refractivity contribution in [2.45, 2.75) is 19.8 Å². The van der Waals surface area contributed by atoms with Crippen molar-refractivity contribution < 1.29 is 4.79 Å². The molecule has 0 unspecified atom stereocenters. The summed E-state index contributed by atoms with van der Waals surface area (Å²) in [5, 5.41) is 16.5. The van der Waals surface area contributed by atoms with Gasteiger partial charge in [0.2, 0.25) is 5.91 Å². The molecule has 0 saturated heterocycles. The summed E-state index contributed by atoms with van der Waals surface area (Å²) in [5.41, 5.74) is 0.998. The fourth-order valence-electron chi connectivity index (χ4n) is 2.37. The number of hydrogen-bond donors (Lipinski definition) is 2. The molecule has 7 heteroatoms. The minimum Gasteiger partial charge on any atom is -0.325 e. The third-order valence-electron chi connectivity index (χ3n) is 3.54. The van der Waals surface area contributed by atoms with Crippen LogP contribution in [0.25, 0.3) is 10.8 Å². The average molecular weight is 332 g/mol. The topological polar surface area (TPSA) is 104 Å². The molecule has 3 rings (SSSR count). The molecule has 2 N–H and O–H groups in total. The van der Waals surface area contributed by atoms with E-state index in [0.717, 1.165) is 22.9 Å². The van der Waals surface area contributed by atoms with Gasteiger partial charge in [0.15, 0.2) is 5.69 Å². The Morgan fingerprint density at radius 2 is 2.00 bits per heavy atom. The predicted molar refractivity (Wildman–Crippen MR) is 95.3 cm³/mol. The first kappa shape index (κ1) is 16.3. The second kappa shape index (κ2) is 7.36. The van der Waals surface area contributed by atoms with Crippen molar-refractivity contribution in [2.75, 3.05) is 10.6 Å². The van der Waals surface area contributed by atoms with Crippen molar-refractivity contribution >= 4 is 34.0 Å². The van der Waals surface area contributed by atoms with E-state index in [0.29, 0.717) is 18.1 Å². The molecule has 0 spiro atoms. The first-order valence-electron chi connectivity index (χ1n) is 7.87. The Kier molecular flexibility index (Phi) is 4.81. The van der Waals surface area contributed by atoms with E-state index in [1.165, 1.54) is 12.4 Å². The third-order valence-corrected chi connectivity index (χ3v) is 3.54. The fraction of sp³-hybridized carbons (Fsp3) is 0.167. The largest absolute Gasteiger partial charge is 0.325 e. The standard InChI is InChI=1S/C18H16N6O/c1-2-4-18(25)23-15-6-3-5-12-7-16(22-10-14(12)15)24-17-11-20-13(8-19)9-21-17/h3,5-7,9-11H,2,4H2,1H3,(H,23,25)(H,21,22,24). The lowest BCUT2D eigenvalue weighted by Gasteiger charge is -2.10. The second-order valence-corrected chi connectivity index (χ2v) is 5.42. The SMILES string of the molecule is CCCC(=O)Nc1cccc2cc(Nc3cnc(C#N)cn3)ncc12. The summed E-state index contributed by atoms with van der Waals surface area (Å²) in [6, 6.07) is 9.48. The molecular weight excluding hydrogens is 316 g/mol. The zero-order valence-electron chi connectivity index (χ0n) is 13.7. The number of nitrogens with one attached hydrogen (secondary N) is 2. The normalized spacial score (nSPS) is 10.2. The van der Waals surface area contributed by atoms with E-state index >= 15 is 0 Å². The highest BCUT2D eigenvalue weighted by molar-refractivity contribution is 6.02. The number of rotatable bonds is 5. The smallest absolute Gasteiger partial charge is 0.224 e. The van der Waals surface area contributed by atoms with Gasteiger partial charge in [-0.1, -0.05) is 19.1 Å². The Hall–Kier alpha value is -3.53. The molecule has 124 valence electrons. The first-order chi connectivity index (χ1) is 12.2.